The van der Waals surface area contributed by atoms with Crippen molar-refractivity contribution in [2.45, 2.75) is 103 Å². The van der Waals surface area contributed by atoms with Crippen molar-refractivity contribution in [2.75, 3.05) is 19.8 Å². The van der Waals surface area contributed by atoms with Gasteiger partial charge in [0.15, 0.2) is 22.9 Å². The molecule has 1 atom stereocenters. The lowest BCUT2D eigenvalue weighted by Crippen LogP contribution is -2.47. The first-order valence-electron chi connectivity index (χ1n) is 9.71. The largest absolute Gasteiger partial charge is 0.414 e. The molecule has 0 N–H and O–H groups in total. The smallest absolute Gasteiger partial charge is 0.192 e. The second-order valence-corrected chi connectivity index (χ2v) is 20.0. The van der Waals surface area contributed by atoms with E-state index in [-0.39, 0.29) is 22.5 Å². The highest BCUT2D eigenvalue weighted by molar-refractivity contribution is 6.74. The summed E-state index contributed by atoms with van der Waals surface area (Å²) in [5.41, 5.74) is 0. The molecule has 1 rings (SSSR count). The normalized spacial score (nSPS) is 20.5. The van der Waals surface area contributed by atoms with Crippen LogP contribution in [0.15, 0.2) is 0 Å². The first-order chi connectivity index (χ1) is 11.2. The molecule has 0 amide bonds. The molecule has 1 aliphatic rings. The van der Waals surface area contributed by atoms with E-state index < -0.39 is 16.6 Å². The molecule has 0 aliphatic carbocycles. The van der Waals surface area contributed by atoms with Gasteiger partial charge in [0.1, 0.15) is 6.10 Å². The SMILES string of the molecule is CC(C)(C)[Si](C)(C)OCC(CO[Si](C)(C)C(C)(C)C)OC1CCCO1. The standard InChI is InChI=1S/C19H42O4Si2/c1-18(2,3)24(7,8)21-14-16(23-17-12-11-13-20-17)15-22-25(9,10)19(4,5)6/h16-17H,11-15H2,1-10H3. The molecule has 25 heavy (non-hydrogen) atoms. The third kappa shape index (κ3) is 7.07. The van der Waals surface area contributed by atoms with E-state index in [1.165, 1.54) is 0 Å². The van der Waals surface area contributed by atoms with Crippen LogP contribution >= 0.6 is 0 Å². The van der Waals surface area contributed by atoms with Gasteiger partial charge in [-0.2, -0.15) is 0 Å². The second-order valence-electron chi connectivity index (χ2n) is 10.3. The van der Waals surface area contributed by atoms with Crippen molar-refractivity contribution in [1.29, 1.82) is 0 Å². The molecule has 0 saturated carbocycles. The Labute approximate surface area is 158 Å². The van der Waals surface area contributed by atoms with Crippen LogP contribution in [-0.2, 0) is 18.3 Å². The maximum atomic E-state index is 6.41. The van der Waals surface area contributed by atoms with Gasteiger partial charge in [-0.3, -0.25) is 0 Å². The molecule has 1 aliphatic heterocycles. The number of hydrogen-bond acceptors (Lipinski definition) is 4. The summed E-state index contributed by atoms with van der Waals surface area (Å²) in [5, 5.41) is 0.392. The maximum Gasteiger partial charge on any atom is 0.192 e. The Morgan fingerprint density at radius 2 is 1.32 bits per heavy atom. The average Bonchev–Trinajstić information content (AvgIpc) is 2.92. The molecule has 0 aromatic carbocycles. The minimum absolute atomic E-state index is 0.0636. The fourth-order valence-electron chi connectivity index (χ4n) is 2.03. The quantitative estimate of drug-likeness (QED) is 0.509. The van der Waals surface area contributed by atoms with E-state index in [0.29, 0.717) is 13.2 Å². The van der Waals surface area contributed by atoms with E-state index in [1.807, 2.05) is 0 Å². The zero-order valence-electron chi connectivity index (χ0n) is 18.3. The number of ether oxygens (including phenoxy) is 2. The van der Waals surface area contributed by atoms with Crippen molar-refractivity contribution in [3.63, 3.8) is 0 Å². The van der Waals surface area contributed by atoms with Crippen LogP contribution in [-0.4, -0.2) is 48.8 Å². The van der Waals surface area contributed by atoms with E-state index >= 15 is 0 Å². The Morgan fingerprint density at radius 3 is 1.64 bits per heavy atom. The van der Waals surface area contributed by atoms with Gasteiger partial charge < -0.3 is 18.3 Å². The molecule has 0 radical (unpaired) electrons. The van der Waals surface area contributed by atoms with E-state index in [1.54, 1.807) is 0 Å². The van der Waals surface area contributed by atoms with Crippen LogP contribution in [0.4, 0.5) is 0 Å². The van der Waals surface area contributed by atoms with Crippen molar-refractivity contribution in [3.8, 4) is 0 Å². The van der Waals surface area contributed by atoms with Crippen LogP contribution in [0.3, 0.4) is 0 Å². The summed E-state index contributed by atoms with van der Waals surface area (Å²) in [6.07, 6.45) is 1.88. The molecule has 150 valence electrons. The lowest BCUT2D eigenvalue weighted by Gasteiger charge is -2.39. The summed E-state index contributed by atoms with van der Waals surface area (Å²) in [4.78, 5) is 0. The first-order valence-corrected chi connectivity index (χ1v) is 15.5. The summed E-state index contributed by atoms with van der Waals surface area (Å²) in [6.45, 7) is 24.7. The van der Waals surface area contributed by atoms with Gasteiger partial charge in [-0.15, -0.1) is 0 Å². The molecule has 4 nitrogen and oxygen atoms in total. The van der Waals surface area contributed by atoms with E-state index in [2.05, 4.69) is 67.7 Å². The molecule has 0 spiro atoms. The molecule has 0 aromatic heterocycles. The molecule has 6 heteroatoms. The van der Waals surface area contributed by atoms with E-state index in [0.717, 1.165) is 19.4 Å². The van der Waals surface area contributed by atoms with Crippen LogP contribution in [0.2, 0.25) is 36.3 Å². The first kappa shape index (κ1) is 23.3. The zero-order chi connectivity index (χ0) is 19.5. The van der Waals surface area contributed by atoms with Gasteiger partial charge in [-0.05, 0) is 42.7 Å². The molecular weight excluding hydrogens is 348 g/mol. The summed E-state index contributed by atoms with van der Waals surface area (Å²) >= 11 is 0. The van der Waals surface area contributed by atoms with Crippen LogP contribution in [0.5, 0.6) is 0 Å². The second kappa shape index (κ2) is 8.52. The van der Waals surface area contributed by atoms with E-state index in [4.69, 9.17) is 18.3 Å². The van der Waals surface area contributed by atoms with Crippen LogP contribution in [0.25, 0.3) is 0 Å². The average molecular weight is 391 g/mol. The van der Waals surface area contributed by atoms with Gasteiger partial charge in [0.2, 0.25) is 0 Å². The predicted octanol–water partition coefficient (Wildman–Crippen LogP) is 5.55. The number of rotatable bonds is 8. The lowest BCUT2D eigenvalue weighted by molar-refractivity contribution is -0.160. The fourth-order valence-corrected chi connectivity index (χ4v) is 4.10. The van der Waals surface area contributed by atoms with Crippen LogP contribution in [0.1, 0.15) is 54.4 Å². The maximum absolute atomic E-state index is 6.41. The Hall–Kier alpha value is 0.274. The lowest BCUT2D eigenvalue weighted by atomic mass is 10.2. The molecule has 1 fully saturated rings. The molecule has 0 aromatic rings. The van der Waals surface area contributed by atoms with Crippen molar-refractivity contribution in [2.24, 2.45) is 0 Å². The Morgan fingerprint density at radius 1 is 0.880 bits per heavy atom. The zero-order valence-corrected chi connectivity index (χ0v) is 20.3. The van der Waals surface area contributed by atoms with Gasteiger partial charge in [0, 0.05) is 13.0 Å². The van der Waals surface area contributed by atoms with Gasteiger partial charge in [-0.25, -0.2) is 0 Å². The van der Waals surface area contributed by atoms with Crippen molar-refractivity contribution in [1.82, 2.24) is 0 Å². The monoisotopic (exact) mass is 390 g/mol. The van der Waals surface area contributed by atoms with Gasteiger partial charge in [-0.1, -0.05) is 41.5 Å². The van der Waals surface area contributed by atoms with Gasteiger partial charge >= 0.3 is 0 Å². The Balaban J connectivity index is 2.69. The predicted molar refractivity (Wildman–Crippen MR) is 110 cm³/mol. The summed E-state index contributed by atoms with van der Waals surface area (Å²) < 4.78 is 24.7. The highest BCUT2D eigenvalue weighted by atomic mass is 28.4. The third-order valence-corrected chi connectivity index (χ3v) is 15.1. The molecule has 0 bridgehead atoms. The topological polar surface area (TPSA) is 36.9 Å². The highest BCUT2D eigenvalue weighted by Crippen LogP contribution is 2.38. The summed E-state index contributed by atoms with van der Waals surface area (Å²) in [5.74, 6) is 0. The minimum Gasteiger partial charge on any atom is -0.414 e. The van der Waals surface area contributed by atoms with Crippen molar-refractivity contribution >= 4 is 16.6 Å². The van der Waals surface area contributed by atoms with E-state index in [9.17, 15) is 0 Å². The molecule has 1 saturated heterocycles. The van der Waals surface area contributed by atoms with Gasteiger partial charge in [0.25, 0.3) is 0 Å². The van der Waals surface area contributed by atoms with Crippen LogP contribution in [0, 0.1) is 0 Å². The summed E-state index contributed by atoms with van der Waals surface area (Å²) in [7, 11) is -3.60. The molecule has 1 heterocycles. The fraction of sp³-hybridized carbons (Fsp3) is 1.00. The number of hydrogen-bond donors (Lipinski definition) is 0. The van der Waals surface area contributed by atoms with Crippen molar-refractivity contribution in [3.05, 3.63) is 0 Å². The minimum atomic E-state index is -1.80. The van der Waals surface area contributed by atoms with Crippen molar-refractivity contribution < 1.29 is 18.3 Å². The Kier molecular flexibility index (Phi) is 7.95. The molecular formula is C19H42O4Si2. The highest BCUT2D eigenvalue weighted by Gasteiger charge is 2.40. The van der Waals surface area contributed by atoms with Gasteiger partial charge in [0.05, 0.1) is 13.2 Å². The Bertz CT molecular complexity index is 375. The molecule has 1 unspecified atom stereocenters. The summed E-state index contributed by atoms with van der Waals surface area (Å²) in [6, 6.07) is 0. The van der Waals surface area contributed by atoms with Crippen LogP contribution < -0.4 is 0 Å². The third-order valence-electron chi connectivity index (χ3n) is 6.10.